The SMILES string of the molecule is COc1cc(-c2cnn(C(F)F)c2)ccc1-n1ccc(=O)c(/C(=C/C=N)Nc2cccc(Cl)c2)n1. The smallest absolute Gasteiger partial charge is 0.333 e. The van der Waals surface area contributed by atoms with E-state index < -0.39 is 6.55 Å². The van der Waals surface area contributed by atoms with E-state index in [0.717, 1.165) is 6.21 Å². The van der Waals surface area contributed by atoms with Gasteiger partial charge in [0, 0.05) is 40.9 Å². The van der Waals surface area contributed by atoms with Crippen LogP contribution in [0.25, 0.3) is 22.5 Å². The van der Waals surface area contributed by atoms with Crippen LogP contribution in [0.1, 0.15) is 12.2 Å². The van der Waals surface area contributed by atoms with Gasteiger partial charge in [-0.15, -0.1) is 0 Å². The lowest BCUT2D eigenvalue weighted by Gasteiger charge is -2.15. The molecule has 0 aliphatic heterocycles. The third-order valence-electron chi connectivity index (χ3n) is 4.98. The average molecular weight is 497 g/mol. The predicted octanol–water partition coefficient (Wildman–Crippen LogP) is 5.26. The van der Waals surface area contributed by atoms with E-state index in [1.807, 2.05) is 0 Å². The molecule has 2 heterocycles. The molecule has 0 saturated heterocycles. The third kappa shape index (κ3) is 5.28. The van der Waals surface area contributed by atoms with E-state index in [1.54, 1.807) is 42.5 Å². The zero-order valence-electron chi connectivity index (χ0n) is 18.3. The second kappa shape index (κ2) is 10.3. The molecule has 35 heavy (non-hydrogen) atoms. The topological polar surface area (TPSA) is 97.8 Å². The van der Waals surface area contributed by atoms with Crippen LogP contribution in [0.5, 0.6) is 5.75 Å². The molecule has 2 N–H and O–H groups in total. The molecule has 0 aliphatic rings. The Morgan fingerprint density at radius 3 is 2.71 bits per heavy atom. The van der Waals surface area contributed by atoms with Crippen molar-refractivity contribution in [2.45, 2.75) is 6.55 Å². The summed E-state index contributed by atoms with van der Waals surface area (Å²) in [6.07, 6.45) is 6.52. The Morgan fingerprint density at radius 1 is 1.20 bits per heavy atom. The number of anilines is 1. The van der Waals surface area contributed by atoms with Gasteiger partial charge in [-0.05, 0) is 42.0 Å². The van der Waals surface area contributed by atoms with Crippen molar-refractivity contribution in [3.63, 3.8) is 0 Å². The first-order valence-electron chi connectivity index (χ1n) is 10.2. The van der Waals surface area contributed by atoms with Gasteiger partial charge in [-0.2, -0.15) is 19.0 Å². The van der Waals surface area contributed by atoms with Gasteiger partial charge in [-0.3, -0.25) is 4.79 Å². The van der Waals surface area contributed by atoms with Crippen LogP contribution in [0.4, 0.5) is 14.5 Å². The maximum absolute atomic E-state index is 12.9. The van der Waals surface area contributed by atoms with Crippen LogP contribution in [0.3, 0.4) is 0 Å². The standard InChI is InChI=1S/C24H19ClF2N6O2/c1-35-22-11-15(16-13-29-33(14-16)24(26)27)5-6-20(22)32-10-8-21(34)23(31-32)19(7-9-28)30-18-4-2-3-17(25)12-18/h2-14,24,28,30H,1H3/b19-7-,28-9?. The van der Waals surface area contributed by atoms with E-state index >= 15 is 0 Å². The highest BCUT2D eigenvalue weighted by Gasteiger charge is 2.15. The number of rotatable bonds is 8. The summed E-state index contributed by atoms with van der Waals surface area (Å²) in [7, 11) is 1.47. The molecule has 8 nitrogen and oxygen atoms in total. The molecule has 4 aromatic rings. The van der Waals surface area contributed by atoms with Crippen molar-refractivity contribution in [1.29, 1.82) is 5.41 Å². The third-order valence-corrected chi connectivity index (χ3v) is 5.21. The number of benzene rings is 2. The van der Waals surface area contributed by atoms with E-state index in [9.17, 15) is 13.6 Å². The van der Waals surface area contributed by atoms with Crippen molar-refractivity contribution in [2.24, 2.45) is 0 Å². The number of nitrogens with one attached hydrogen (secondary N) is 2. The first-order valence-corrected chi connectivity index (χ1v) is 10.6. The summed E-state index contributed by atoms with van der Waals surface area (Å²) in [6.45, 7) is -2.74. The van der Waals surface area contributed by atoms with Crippen LogP contribution in [-0.2, 0) is 0 Å². The number of ether oxygens (including phenoxy) is 1. The molecule has 0 unspecified atom stereocenters. The molecule has 0 fully saturated rings. The highest BCUT2D eigenvalue weighted by Crippen LogP contribution is 2.30. The van der Waals surface area contributed by atoms with Crippen molar-refractivity contribution in [3.8, 4) is 22.6 Å². The molecule has 0 amide bonds. The molecule has 178 valence electrons. The second-order valence-corrected chi connectivity index (χ2v) is 7.67. The predicted molar refractivity (Wildman–Crippen MR) is 131 cm³/mol. The molecule has 4 rings (SSSR count). The minimum Gasteiger partial charge on any atom is -0.494 e. The minimum absolute atomic E-state index is 0.0697. The highest BCUT2D eigenvalue weighted by atomic mass is 35.5. The summed E-state index contributed by atoms with van der Waals surface area (Å²) >= 11 is 6.05. The van der Waals surface area contributed by atoms with Gasteiger partial charge in [-0.1, -0.05) is 23.7 Å². The maximum Gasteiger partial charge on any atom is 0.333 e. The first-order chi connectivity index (χ1) is 16.9. The number of halogens is 3. The zero-order chi connectivity index (χ0) is 24.9. The Balaban J connectivity index is 1.73. The summed E-state index contributed by atoms with van der Waals surface area (Å²) in [6, 6.07) is 13.3. The molecular formula is C24H19ClF2N6O2. The molecule has 0 saturated carbocycles. The molecule has 0 bridgehead atoms. The summed E-state index contributed by atoms with van der Waals surface area (Å²) in [5, 5.41) is 19.2. The van der Waals surface area contributed by atoms with Gasteiger partial charge >= 0.3 is 6.55 Å². The Bertz CT molecular complexity index is 1460. The van der Waals surface area contributed by atoms with E-state index in [-0.39, 0.29) is 11.1 Å². The summed E-state index contributed by atoms with van der Waals surface area (Å²) in [5.41, 5.74) is 2.25. The van der Waals surface area contributed by atoms with Gasteiger partial charge in [0.25, 0.3) is 0 Å². The van der Waals surface area contributed by atoms with Gasteiger partial charge in [0.05, 0.1) is 19.0 Å². The van der Waals surface area contributed by atoms with Crippen LogP contribution < -0.4 is 15.5 Å². The fourth-order valence-electron chi connectivity index (χ4n) is 3.35. The first kappa shape index (κ1) is 23.8. The number of methoxy groups -OCH3 is 1. The molecule has 0 spiro atoms. The number of nitrogens with zero attached hydrogens (tertiary/aromatic N) is 4. The molecule has 0 aliphatic carbocycles. The van der Waals surface area contributed by atoms with Crippen molar-refractivity contribution in [3.05, 3.63) is 94.1 Å². The quantitative estimate of drug-likeness (QED) is 0.324. The summed E-state index contributed by atoms with van der Waals surface area (Å²) in [5.74, 6) is 0.398. The molecule has 11 heteroatoms. The van der Waals surface area contributed by atoms with Crippen LogP contribution in [0.2, 0.25) is 5.02 Å². The van der Waals surface area contributed by atoms with E-state index in [4.69, 9.17) is 21.7 Å². The molecule has 0 atom stereocenters. The lowest BCUT2D eigenvalue weighted by Crippen LogP contribution is -2.18. The van der Waals surface area contributed by atoms with Gasteiger partial charge in [-0.25, -0.2) is 9.36 Å². The second-order valence-electron chi connectivity index (χ2n) is 7.23. The lowest BCUT2D eigenvalue weighted by molar-refractivity contribution is 0.0566. The van der Waals surface area contributed by atoms with Crippen LogP contribution in [0, 0.1) is 5.41 Å². The van der Waals surface area contributed by atoms with Gasteiger partial charge in [0.15, 0.2) is 5.69 Å². The molecular weight excluding hydrogens is 478 g/mol. The van der Waals surface area contributed by atoms with E-state index in [2.05, 4.69) is 15.5 Å². The number of aromatic nitrogens is 4. The van der Waals surface area contributed by atoms with Gasteiger partial charge in [0.2, 0.25) is 5.43 Å². The number of allylic oxidation sites excluding steroid dienone is 1. The minimum atomic E-state index is -2.74. The van der Waals surface area contributed by atoms with E-state index in [0.29, 0.717) is 43.7 Å². The molecule has 2 aromatic carbocycles. The maximum atomic E-state index is 12.9. The van der Waals surface area contributed by atoms with E-state index in [1.165, 1.54) is 42.5 Å². The number of hydrogen-bond acceptors (Lipinski definition) is 6. The average Bonchev–Trinajstić information content (AvgIpc) is 3.35. The number of alkyl halides is 2. The van der Waals surface area contributed by atoms with Gasteiger partial charge in [0.1, 0.15) is 11.4 Å². The Morgan fingerprint density at radius 2 is 2.03 bits per heavy atom. The monoisotopic (exact) mass is 496 g/mol. The van der Waals surface area contributed by atoms with Crippen molar-refractivity contribution in [1.82, 2.24) is 19.6 Å². The lowest BCUT2D eigenvalue weighted by atomic mass is 10.1. The van der Waals surface area contributed by atoms with Crippen molar-refractivity contribution < 1.29 is 13.5 Å². The normalized spacial score (nSPS) is 11.5. The van der Waals surface area contributed by atoms with Crippen molar-refractivity contribution >= 4 is 29.2 Å². The fourth-order valence-corrected chi connectivity index (χ4v) is 3.54. The zero-order valence-corrected chi connectivity index (χ0v) is 19.1. The Kier molecular flexibility index (Phi) is 7.02. The van der Waals surface area contributed by atoms with Crippen LogP contribution in [-0.4, -0.2) is 32.9 Å². The molecule has 2 aromatic heterocycles. The summed E-state index contributed by atoms with van der Waals surface area (Å²) < 4.78 is 33.3. The van der Waals surface area contributed by atoms with Crippen LogP contribution >= 0.6 is 11.6 Å². The largest absolute Gasteiger partial charge is 0.494 e. The highest BCUT2D eigenvalue weighted by molar-refractivity contribution is 6.30. The summed E-state index contributed by atoms with van der Waals surface area (Å²) in [4.78, 5) is 12.7. The van der Waals surface area contributed by atoms with Crippen molar-refractivity contribution in [2.75, 3.05) is 12.4 Å². The van der Waals surface area contributed by atoms with Crippen LogP contribution in [0.15, 0.2) is 78.0 Å². The van der Waals surface area contributed by atoms with Gasteiger partial charge < -0.3 is 15.5 Å². The number of hydrogen-bond donors (Lipinski definition) is 2. The Hall–Kier alpha value is -4.31. The fraction of sp³-hybridized carbons (Fsp3) is 0.0833. The Labute approximate surface area is 203 Å². The molecule has 0 radical (unpaired) electrons.